The summed E-state index contributed by atoms with van der Waals surface area (Å²) in [7, 11) is 1.88. The molecule has 2 fully saturated rings. The summed E-state index contributed by atoms with van der Waals surface area (Å²) in [6, 6.07) is 1.00. The van der Waals surface area contributed by atoms with E-state index in [1.807, 2.05) is 7.05 Å². The normalized spacial score (nSPS) is 29.5. The Labute approximate surface area is 157 Å². The van der Waals surface area contributed by atoms with Gasteiger partial charge in [0.15, 0.2) is 11.8 Å². The molecular formula is C20H34N6. The molecule has 0 radical (unpaired) electrons. The van der Waals surface area contributed by atoms with Gasteiger partial charge in [-0.05, 0) is 24.7 Å². The molecule has 0 spiro atoms. The molecule has 4 rings (SSSR count). The monoisotopic (exact) mass is 358 g/mol. The third-order valence-corrected chi connectivity index (χ3v) is 6.37. The summed E-state index contributed by atoms with van der Waals surface area (Å²) in [4.78, 5) is 9.16. The molecule has 3 unspecified atom stereocenters. The van der Waals surface area contributed by atoms with Gasteiger partial charge in [0.1, 0.15) is 5.82 Å². The summed E-state index contributed by atoms with van der Waals surface area (Å²) in [5, 5.41) is 12.0. The zero-order chi connectivity index (χ0) is 18.1. The van der Waals surface area contributed by atoms with Gasteiger partial charge < -0.3 is 10.6 Å². The number of nitrogens with one attached hydrogen (secondary N) is 2. The lowest BCUT2D eigenvalue weighted by Gasteiger charge is -2.26. The number of hydrogen-bond acceptors (Lipinski definition) is 3. The van der Waals surface area contributed by atoms with Gasteiger partial charge in [0, 0.05) is 31.5 Å². The zero-order valence-electron chi connectivity index (χ0n) is 16.5. The molecule has 0 amide bonds. The molecule has 6 heteroatoms. The van der Waals surface area contributed by atoms with Crippen LogP contribution in [0.15, 0.2) is 4.99 Å². The molecule has 1 aliphatic heterocycles. The van der Waals surface area contributed by atoms with E-state index in [0.717, 1.165) is 48.8 Å². The van der Waals surface area contributed by atoms with Crippen molar-refractivity contribution in [2.45, 2.75) is 89.8 Å². The summed E-state index contributed by atoms with van der Waals surface area (Å²) in [6.45, 7) is 5.19. The van der Waals surface area contributed by atoms with Crippen molar-refractivity contribution in [1.29, 1.82) is 0 Å². The Hall–Kier alpha value is -1.59. The van der Waals surface area contributed by atoms with E-state index in [-0.39, 0.29) is 0 Å². The van der Waals surface area contributed by atoms with Gasteiger partial charge in [-0.2, -0.15) is 5.10 Å². The largest absolute Gasteiger partial charge is 0.353 e. The summed E-state index contributed by atoms with van der Waals surface area (Å²) >= 11 is 0. The van der Waals surface area contributed by atoms with Gasteiger partial charge in [0.2, 0.25) is 0 Å². The van der Waals surface area contributed by atoms with Gasteiger partial charge in [-0.1, -0.05) is 46.0 Å². The molecule has 0 saturated heterocycles. The molecule has 2 heterocycles. The lowest BCUT2D eigenvalue weighted by molar-refractivity contribution is 0.315. The number of rotatable bonds is 4. The number of guanidine groups is 1. The van der Waals surface area contributed by atoms with Gasteiger partial charge in [0.05, 0.1) is 6.54 Å². The standard InChI is InChI=1S/C20H34N6/c1-13(2)19-24-18-10-9-15(12-26(18)25-19)22-20(21-3)23-17-11-16(17)14-7-5-4-6-8-14/h13-17H,4-12H2,1-3H3,(H2,21,22,23). The first-order valence-electron chi connectivity index (χ1n) is 10.6. The predicted octanol–water partition coefficient (Wildman–Crippen LogP) is 2.85. The van der Waals surface area contributed by atoms with E-state index in [0.29, 0.717) is 18.0 Å². The van der Waals surface area contributed by atoms with Crippen LogP contribution in [0, 0.1) is 11.8 Å². The van der Waals surface area contributed by atoms with Crippen LogP contribution in [-0.4, -0.2) is 39.9 Å². The number of nitrogens with zero attached hydrogens (tertiary/aromatic N) is 4. The van der Waals surface area contributed by atoms with Crippen molar-refractivity contribution in [3.05, 3.63) is 11.6 Å². The van der Waals surface area contributed by atoms with Crippen molar-refractivity contribution in [1.82, 2.24) is 25.4 Å². The number of fused-ring (bicyclic) bond motifs is 1. The number of aliphatic imine (C=N–C) groups is 1. The molecule has 144 valence electrons. The van der Waals surface area contributed by atoms with Crippen molar-refractivity contribution >= 4 is 5.96 Å². The molecular weight excluding hydrogens is 324 g/mol. The molecule has 3 atom stereocenters. The second-order valence-corrected chi connectivity index (χ2v) is 8.72. The van der Waals surface area contributed by atoms with E-state index < -0.39 is 0 Å². The predicted molar refractivity (Wildman–Crippen MR) is 104 cm³/mol. The molecule has 0 aromatic carbocycles. The summed E-state index contributed by atoms with van der Waals surface area (Å²) in [5.41, 5.74) is 0. The average molecular weight is 359 g/mol. The Morgan fingerprint density at radius 3 is 2.69 bits per heavy atom. The highest BCUT2D eigenvalue weighted by atomic mass is 15.4. The Balaban J connectivity index is 1.29. The fourth-order valence-electron chi connectivity index (χ4n) is 4.69. The summed E-state index contributed by atoms with van der Waals surface area (Å²) < 4.78 is 2.09. The molecule has 2 N–H and O–H groups in total. The van der Waals surface area contributed by atoms with E-state index in [4.69, 9.17) is 0 Å². The highest BCUT2D eigenvalue weighted by molar-refractivity contribution is 5.80. The van der Waals surface area contributed by atoms with Gasteiger partial charge in [-0.3, -0.25) is 4.99 Å². The third kappa shape index (κ3) is 3.89. The van der Waals surface area contributed by atoms with Crippen LogP contribution in [0.5, 0.6) is 0 Å². The first-order chi connectivity index (χ1) is 12.6. The summed E-state index contributed by atoms with van der Waals surface area (Å²) in [5.74, 6) is 5.27. The van der Waals surface area contributed by atoms with Crippen molar-refractivity contribution in [2.24, 2.45) is 16.8 Å². The summed E-state index contributed by atoms with van der Waals surface area (Å²) in [6.07, 6.45) is 10.6. The SMILES string of the molecule is CN=C(NC1CCc2nc(C(C)C)nn2C1)NC1CC1C1CCCCC1. The Bertz CT molecular complexity index is 643. The molecule has 26 heavy (non-hydrogen) atoms. The highest BCUT2D eigenvalue weighted by Gasteiger charge is 2.43. The van der Waals surface area contributed by atoms with E-state index in [1.165, 1.54) is 38.5 Å². The average Bonchev–Trinajstić information content (AvgIpc) is 3.28. The molecule has 2 aliphatic carbocycles. The van der Waals surface area contributed by atoms with Gasteiger partial charge >= 0.3 is 0 Å². The second-order valence-electron chi connectivity index (χ2n) is 8.72. The van der Waals surface area contributed by atoms with E-state index in [1.54, 1.807) is 0 Å². The number of hydrogen-bond donors (Lipinski definition) is 2. The maximum Gasteiger partial charge on any atom is 0.191 e. The van der Waals surface area contributed by atoms with Crippen LogP contribution in [0.2, 0.25) is 0 Å². The van der Waals surface area contributed by atoms with Crippen LogP contribution in [0.3, 0.4) is 0 Å². The number of aromatic nitrogens is 3. The smallest absolute Gasteiger partial charge is 0.191 e. The lowest BCUT2D eigenvalue weighted by atomic mass is 9.85. The Morgan fingerprint density at radius 2 is 1.96 bits per heavy atom. The van der Waals surface area contributed by atoms with E-state index in [2.05, 4.69) is 44.2 Å². The van der Waals surface area contributed by atoms with Crippen molar-refractivity contribution in [2.75, 3.05) is 7.05 Å². The van der Waals surface area contributed by atoms with Crippen molar-refractivity contribution in [3.8, 4) is 0 Å². The first kappa shape index (κ1) is 17.8. The minimum absolute atomic E-state index is 0.377. The van der Waals surface area contributed by atoms with Crippen LogP contribution in [0.25, 0.3) is 0 Å². The molecule has 0 bridgehead atoms. The van der Waals surface area contributed by atoms with E-state index >= 15 is 0 Å². The maximum atomic E-state index is 4.69. The fraction of sp³-hybridized carbons (Fsp3) is 0.850. The second kappa shape index (κ2) is 7.57. The Kier molecular flexibility index (Phi) is 5.18. The third-order valence-electron chi connectivity index (χ3n) is 6.37. The van der Waals surface area contributed by atoms with E-state index in [9.17, 15) is 0 Å². The molecule has 1 aromatic rings. The first-order valence-corrected chi connectivity index (χ1v) is 10.6. The minimum atomic E-state index is 0.377. The minimum Gasteiger partial charge on any atom is -0.353 e. The van der Waals surface area contributed by atoms with Crippen LogP contribution < -0.4 is 10.6 Å². The Morgan fingerprint density at radius 1 is 1.15 bits per heavy atom. The van der Waals surface area contributed by atoms with Crippen molar-refractivity contribution < 1.29 is 0 Å². The van der Waals surface area contributed by atoms with Gasteiger partial charge in [0.25, 0.3) is 0 Å². The molecule has 3 aliphatic rings. The fourth-order valence-corrected chi connectivity index (χ4v) is 4.69. The molecule has 1 aromatic heterocycles. The van der Waals surface area contributed by atoms with Gasteiger partial charge in [-0.15, -0.1) is 0 Å². The van der Waals surface area contributed by atoms with Gasteiger partial charge in [-0.25, -0.2) is 9.67 Å². The van der Waals surface area contributed by atoms with Crippen molar-refractivity contribution in [3.63, 3.8) is 0 Å². The topological polar surface area (TPSA) is 67.1 Å². The number of aryl methyl sites for hydroxylation is 1. The lowest BCUT2D eigenvalue weighted by Crippen LogP contribution is -2.48. The maximum absolute atomic E-state index is 4.69. The van der Waals surface area contributed by atoms with Crippen LogP contribution in [0.4, 0.5) is 0 Å². The molecule has 2 saturated carbocycles. The molecule has 6 nitrogen and oxygen atoms in total. The quantitative estimate of drug-likeness (QED) is 0.641. The van der Waals surface area contributed by atoms with Crippen LogP contribution in [0.1, 0.15) is 76.4 Å². The van der Waals surface area contributed by atoms with Crippen LogP contribution >= 0.6 is 0 Å². The van der Waals surface area contributed by atoms with Crippen LogP contribution in [-0.2, 0) is 13.0 Å². The highest BCUT2D eigenvalue weighted by Crippen LogP contribution is 2.44. The zero-order valence-corrected chi connectivity index (χ0v) is 16.5.